The van der Waals surface area contributed by atoms with Gasteiger partial charge in [0.25, 0.3) is 0 Å². The van der Waals surface area contributed by atoms with Crippen molar-refractivity contribution in [1.82, 2.24) is 4.90 Å². The van der Waals surface area contributed by atoms with Crippen LogP contribution in [0.3, 0.4) is 0 Å². The lowest BCUT2D eigenvalue weighted by atomic mass is 10.2. The maximum Gasteiger partial charge on any atom is 0.238 e. The summed E-state index contributed by atoms with van der Waals surface area (Å²) in [5, 5.41) is 13.1. The van der Waals surface area contributed by atoms with E-state index in [2.05, 4.69) is 10.3 Å². The molecule has 0 radical (unpaired) electrons. The summed E-state index contributed by atoms with van der Waals surface area (Å²) in [6, 6.07) is 11.2. The molecule has 1 N–H and O–H groups in total. The maximum atomic E-state index is 13.4. The Morgan fingerprint density at radius 2 is 2.00 bits per heavy atom. The monoisotopic (exact) mass is 414 g/mol. The molecular formula is C20H17FN3O4S-. The van der Waals surface area contributed by atoms with Crippen LogP contribution in [0, 0.1) is 5.82 Å². The van der Waals surface area contributed by atoms with E-state index < -0.39 is 22.9 Å². The van der Waals surface area contributed by atoms with Crippen LogP contribution in [0.15, 0.2) is 53.5 Å². The van der Waals surface area contributed by atoms with Crippen LogP contribution in [-0.4, -0.2) is 39.6 Å². The molecule has 150 valence electrons. The van der Waals surface area contributed by atoms with Crippen molar-refractivity contribution < 1.29 is 23.9 Å². The number of halogens is 1. The first-order valence-electron chi connectivity index (χ1n) is 8.81. The van der Waals surface area contributed by atoms with Gasteiger partial charge in [0.05, 0.1) is 11.7 Å². The fourth-order valence-corrected chi connectivity index (χ4v) is 3.88. The van der Waals surface area contributed by atoms with E-state index in [9.17, 15) is 23.9 Å². The van der Waals surface area contributed by atoms with Crippen LogP contribution < -0.4 is 10.4 Å². The summed E-state index contributed by atoms with van der Waals surface area (Å²) in [4.78, 5) is 41.7. The number of nitrogens with zero attached hydrogens (tertiary/aromatic N) is 2. The van der Waals surface area contributed by atoms with Crippen LogP contribution in [0.4, 0.5) is 15.8 Å². The van der Waals surface area contributed by atoms with Crippen molar-refractivity contribution in [2.24, 2.45) is 4.99 Å². The van der Waals surface area contributed by atoms with Gasteiger partial charge in [-0.1, -0.05) is 30.0 Å². The van der Waals surface area contributed by atoms with Crippen LogP contribution in [0.5, 0.6) is 0 Å². The number of carboxylic acid groups (broad SMARTS) is 1. The van der Waals surface area contributed by atoms with Crippen LogP contribution in [0.1, 0.15) is 23.7 Å². The zero-order valence-electron chi connectivity index (χ0n) is 15.4. The number of carboxylic acids is 1. The Labute approximate surface area is 170 Å². The van der Waals surface area contributed by atoms with Crippen molar-refractivity contribution in [3.63, 3.8) is 0 Å². The average molecular weight is 414 g/mol. The Balaban J connectivity index is 1.78. The van der Waals surface area contributed by atoms with E-state index in [1.165, 1.54) is 47.4 Å². The third-order valence-electron chi connectivity index (χ3n) is 4.17. The SMILES string of the molecule is CCN1C(=O)C[C@H](C(=O)Nc2ccc(C(=O)[O-])cc2)SC1=Nc1cccc(F)c1. The topological polar surface area (TPSA) is 102 Å². The molecule has 2 aromatic carbocycles. The third-order valence-corrected chi connectivity index (χ3v) is 5.36. The standard InChI is InChI=1S/C20H18FN3O4S/c1-2-24-17(25)11-16(29-20(24)23-15-5-3-4-13(21)10-15)18(26)22-14-8-6-12(7-9-14)19(27)28/h3-10,16H,2,11H2,1H3,(H,22,26)(H,27,28)/p-1/t16-/m1/s1. The number of rotatable bonds is 5. The zero-order valence-corrected chi connectivity index (χ0v) is 16.2. The summed E-state index contributed by atoms with van der Waals surface area (Å²) in [7, 11) is 0. The highest BCUT2D eigenvalue weighted by molar-refractivity contribution is 8.15. The maximum absolute atomic E-state index is 13.4. The minimum absolute atomic E-state index is 0.00619. The fourth-order valence-electron chi connectivity index (χ4n) is 2.72. The number of nitrogens with one attached hydrogen (secondary N) is 1. The Morgan fingerprint density at radius 3 is 2.62 bits per heavy atom. The largest absolute Gasteiger partial charge is 0.545 e. The molecule has 0 spiro atoms. The lowest BCUT2D eigenvalue weighted by molar-refractivity contribution is -0.255. The van der Waals surface area contributed by atoms with Gasteiger partial charge < -0.3 is 15.2 Å². The predicted octanol–water partition coefficient (Wildman–Crippen LogP) is 2.17. The molecule has 3 rings (SSSR count). The molecule has 1 heterocycles. The molecule has 1 saturated heterocycles. The molecule has 2 aromatic rings. The van der Waals surface area contributed by atoms with Gasteiger partial charge in [-0.25, -0.2) is 9.38 Å². The molecule has 0 aromatic heterocycles. The van der Waals surface area contributed by atoms with Crippen molar-refractivity contribution in [3.8, 4) is 0 Å². The number of aromatic carboxylic acids is 1. The zero-order chi connectivity index (χ0) is 21.0. The van der Waals surface area contributed by atoms with Crippen LogP contribution in [0.2, 0.25) is 0 Å². The number of amides is 2. The molecule has 1 aliphatic rings. The van der Waals surface area contributed by atoms with Gasteiger partial charge in [0, 0.05) is 18.7 Å². The molecule has 0 aliphatic carbocycles. The van der Waals surface area contributed by atoms with Crippen LogP contribution >= 0.6 is 11.8 Å². The van der Waals surface area contributed by atoms with E-state index in [-0.39, 0.29) is 17.9 Å². The molecular weight excluding hydrogens is 397 g/mol. The Morgan fingerprint density at radius 1 is 1.28 bits per heavy atom. The molecule has 7 nitrogen and oxygen atoms in total. The van der Waals surface area contributed by atoms with E-state index in [1.807, 2.05) is 0 Å². The summed E-state index contributed by atoms with van der Waals surface area (Å²) in [6.45, 7) is 2.16. The number of anilines is 1. The molecule has 1 aliphatic heterocycles. The number of carbonyl (C=O) groups is 3. The predicted molar refractivity (Wildman–Crippen MR) is 106 cm³/mol. The number of hydrogen-bond donors (Lipinski definition) is 1. The Hall–Kier alpha value is -3.20. The van der Waals surface area contributed by atoms with E-state index in [1.54, 1.807) is 13.0 Å². The molecule has 2 amide bonds. The number of amidine groups is 1. The van der Waals surface area contributed by atoms with Crippen molar-refractivity contribution >= 4 is 46.1 Å². The first-order chi connectivity index (χ1) is 13.9. The Kier molecular flexibility index (Phi) is 6.28. The van der Waals surface area contributed by atoms with E-state index >= 15 is 0 Å². The second-order valence-electron chi connectivity index (χ2n) is 6.18. The minimum atomic E-state index is -1.31. The molecule has 29 heavy (non-hydrogen) atoms. The highest BCUT2D eigenvalue weighted by Gasteiger charge is 2.35. The molecule has 9 heteroatoms. The lowest BCUT2D eigenvalue weighted by Crippen LogP contribution is -2.45. The third kappa shape index (κ3) is 5.00. The average Bonchev–Trinajstić information content (AvgIpc) is 2.68. The van der Waals surface area contributed by atoms with Gasteiger partial charge in [-0.05, 0) is 42.8 Å². The number of aliphatic imine (C=N–C) groups is 1. The van der Waals surface area contributed by atoms with Gasteiger partial charge in [0.2, 0.25) is 11.8 Å². The van der Waals surface area contributed by atoms with Gasteiger partial charge in [-0.15, -0.1) is 0 Å². The first kappa shape index (κ1) is 20.5. The summed E-state index contributed by atoms with van der Waals surface area (Å²) in [6.07, 6.45) is -0.0103. The number of hydrogen-bond acceptors (Lipinski definition) is 6. The number of carbonyl (C=O) groups excluding carboxylic acids is 3. The summed E-state index contributed by atoms with van der Waals surface area (Å²) in [5.41, 5.74) is 0.737. The van der Waals surface area contributed by atoms with Crippen molar-refractivity contribution in [1.29, 1.82) is 0 Å². The highest BCUT2D eigenvalue weighted by Crippen LogP contribution is 2.30. The summed E-state index contributed by atoms with van der Waals surface area (Å²) in [5.74, 6) is -2.42. The summed E-state index contributed by atoms with van der Waals surface area (Å²) < 4.78 is 13.4. The normalized spacial score (nSPS) is 18.0. The Bertz CT molecular complexity index is 978. The van der Waals surface area contributed by atoms with Crippen molar-refractivity contribution in [2.75, 3.05) is 11.9 Å². The second-order valence-corrected chi connectivity index (χ2v) is 7.35. The first-order valence-corrected chi connectivity index (χ1v) is 9.69. The minimum Gasteiger partial charge on any atom is -0.545 e. The van der Waals surface area contributed by atoms with E-state index in [0.717, 1.165) is 11.8 Å². The quantitative estimate of drug-likeness (QED) is 0.808. The summed E-state index contributed by atoms with van der Waals surface area (Å²) >= 11 is 1.12. The van der Waals surface area contributed by atoms with E-state index in [4.69, 9.17) is 0 Å². The smallest absolute Gasteiger partial charge is 0.238 e. The lowest BCUT2D eigenvalue weighted by Gasteiger charge is -2.30. The van der Waals surface area contributed by atoms with Gasteiger partial charge in [0.1, 0.15) is 11.1 Å². The van der Waals surface area contributed by atoms with Gasteiger partial charge in [-0.3, -0.25) is 14.5 Å². The number of benzene rings is 2. The van der Waals surface area contributed by atoms with Gasteiger partial charge in [-0.2, -0.15) is 0 Å². The van der Waals surface area contributed by atoms with Crippen molar-refractivity contribution in [3.05, 3.63) is 59.9 Å². The van der Waals surface area contributed by atoms with Crippen molar-refractivity contribution in [2.45, 2.75) is 18.6 Å². The fraction of sp³-hybridized carbons (Fsp3) is 0.200. The van der Waals surface area contributed by atoms with E-state index in [0.29, 0.717) is 23.1 Å². The van der Waals surface area contributed by atoms with Gasteiger partial charge in [0.15, 0.2) is 5.17 Å². The van der Waals surface area contributed by atoms with Gasteiger partial charge >= 0.3 is 0 Å². The van der Waals surface area contributed by atoms with Crippen LogP contribution in [-0.2, 0) is 9.59 Å². The molecule has 0 unspecified atom stereocenters. The highest BCUT2D eigenvalue weighted by atomic mass is 32.2. The second kappa shape index (κ2) is 8.87. The molecule has 0 bridgehead atoms. The number of thioether (sulfide) groups is 1. The molecule has 0 saturated carbocycles. The molecule has 1 fully saturated rings. The van der Waals surface area contributed by atoms with Crippen LogP contribution in [0.25, 0.3) is 0 Å². The molecule has 1 atom stereocenters.